The maximum absolute atomic E-state index is 12.2. The van der Waals surface area contributed by atoms with Crippen LogP contribution in [-0.4, -0.2) is 18.5 Å². The number of rotatable bonds is 6. The van der Waals surface area contributed by atoms with E-state index >= 15 is 0 Å². The largest absolute Gasteiger partial charge is 0.465 e. The molecule has 0 radical (unpaired) electrons. The van der Waals surface area contributed by atoms with E-state index in [-0.39, 0.29) is 19.1 Å². The van der Waals surface area contributed by atoms with E-state index in [4.69, 9.17) is 9.47 Å². The lowest BCUT2D eigenvalue weighted by Crippen LogP contribution is -2.31. The van der Waals surface area contributed by atoms with Gasteiger partial charge in [0.2, 0.25) is 0 Å². The van der Waals surface area contributed by atoms with Crippen LogP contribution in [-0.2, 0) is 25.7 Å². The van der Waals surface area contributed by atoms with Crippen LogP contribution in [0, 0.1) is 11.3 Å². The Balaban J connectivity index is 2.02. The molecule has 0 amide bonds. The van der Waals surface area contributed by atoms with Gasteiger partial charge >= 0.3 is 11.9 Å². The highest BCUT2D eigenvalue weighted by Crippen LogP contribution is 2.55. The third-order valence-corrected chi connectivity index (χ3v) is 3.52. The summed E-state index contributed by atoms with van der Waals surface area (Å²) in [6, 6.07) is 9.35. The minimum Gasteiger partial charge on any atom is -0.465 e. The molecule has 1 aliphatic rings. The van der Waals surface area contributed by atoms with Gasteiger partial charge in [0.25, 0.3) is 0 Å². The SMILES string of the molecule is C=CC1CC1(C(=O)OCC)C(=O)OCc1ccccc1. The second kappa shape index (κ2) is 5.90. The first-order valence-electron chi connectivity index (χ1n) is 6.66. The summed E-state index contributed by atoms with van der Waals surface area (Å²) in [6.45, 7) is 5.76. The molecule has 20 heavy (non-hydrogen) atoms. The van der Waals surface area contributed by atoms with Gasteiger partial charge in [-0.2, -0.15) is 0 Å². The molecule has 106 valence electrons. The second-order valence-electron chi connectivity index (χ2n) is 4.80. The van der Waals surface area contributed by atoms with E-state index in [1.807, 2.05) is 30.3 Å². The number of hydrogen-bond donors (Lipinski definition) is 0. The van der Waals surface area contributed by atoms with Crippen LogP contribution in [0.4, 0.5) is 0 Å². The minimum atomic E-state index is -1.17. The maximum atomic E-state index is 12.2. The van der Waals surface area contributed by atoms with Crippen molar-refractivity contribution in [3.05, 3.63) is 48.6 Å². The number of esters is 2. The van der Waals surface area contributed by atoms with Crippen molar-refractivity contribution in [1.29, 1.82) is 0 Å². The smallest absolute Gasteiger partial charge is 0.324 e. The van der Waals surface area contributed by atoms with Crippen molar-refractivity contribution >= 4 is 11.9 Å². The Bertz CT molecular complexity index is 508. The maximum Gasteiger partial charge on any atom is 0.324 e. The highest BCUT2D eigenvalue weighted by Gasteiger charge is 2.67. The Morgan fingerprint density at radius 2 is 1.95 bits per heavy atom. The monoisotopic (exact) mass is 274 g/mol. The van der Waals surface area contributed by atoms with E-state index in [1.165, 1.54) is 0 Å². The average molecular weight is 274 g/mol. The molecule has 1 aliphatic carbocycles. The summed E-state index contributed by atoms with van der Waals surface area (Å²) >= 11 is 0. The van der Waals surface area contributed by atoms with Crippen molar-refractivity contribution < 1.29 is 19.1 Å². The van der Waals surface area contributed by atoms with Crippen LogP contribution in [0.1, 0.15) is 18.9 Å². The first kappa shape index (κ1) is 14.3. The Morgan fingerprint density at radius 3 is 2.50 bits per heavy atom. The molecule has 1 fully saturated rings. The third-order valence-electron chi connectivity index (χ3n) is 3.52. The Morgan fingerprint density at radius 1 is 1.30 bits per heavy atom. The molecule has 0 saturated heterocycles. The fourth-order valence-electron chi connectivity index (χ4n) is 2.24. The lowest BCUT2D eigenvalue weighted by molar-refractivity contribution is -0.165. The quantitative estimate of drug-likeness (QED) is 0.454. The zero-order valence-electron chi connectivity index (χ0n) is 11.5. The Labute approximate surface area is 118 Å². The number of hydrogen-bond acceptors (Lipinski definition) is 4. The van der Waals surface area contributed by atoms with E-state index in [0.29, 0.717) is 6.42 Å². The molecule has 0 spiro atoms. The molecule has 0 aliphatic heterocycles. The van der Waals surface area contributed by atoms with Crippen LogP contribution in [0.3, 0.4) is 0 Å². The van der Waals surface area contributed by atoms with E-state index in [0.717, 1.165) is 5.56 Å². The normalized spacial score (nSPS) is 23.8. The fourth-order valence-corrected chi connectivity index (χ4v) is 2.24. The Kier molecular flexibility index (Phi) is 4.23. The summed E-state index contributed by atoms with van der Waals surface area (Å²) in [5.74, 6) is -1.22. The lowest BCUT2D eigenvalue weighted by atomic mass is 10.0. The van der Waals surface area contributed by atoms with Gasteiger partial charge in [0.1, 0.15) is 6.61 Å². The molecule has 0 heterocycles. The number of allylic oxidation sites excluding steroid dienone is 1. The van der Waals surface area contributed by atoms with Crippen LogP contribution in [0.15, 0.2) is 43.0 Å². The molecule has 1 saturated carbocycles. The average Bonchev–Trinajstić information content (AvgIpc) is 3.22. The molecule has 0 N–H and O–H groups in total. The lowest BCUT2D eigenvalue weighted by Gasteiger charge is -2.14. The zero-order valence-corrected chi connectivity index (χ0v) is 11.5. The van der Waals surface area contributed by atoms with E-state index in [1.54, 1.807) is 13.0 Å². The highest BCUT2D eigenvalue weighted by atomic mass is 16.6. The summed E-state index contributed by atoms with van der Waals surface area (Å²) in [5.41, 5.74) is -0.289. The van der Waals surface area contributed by atoms with Gasteiger partial charge in [0.15, 0.2) is 5.41 Å². The van der Waals surface area contributed by atoms with E-state index < -0.39 is 17.4 Å². The van der Waals surface area contributed by atoms with Gasteiger partial charge in [-0.1, -0.05) is 36.4 Å². The summed E-state index contributed by atoms with van der Waals surface area (Å²) in [5, 5.41) is 0. The van der Waals surface area contributed by atoms with Gasteiger partial charge < -0.3 is 9.47 Å². The van der Waals surface area contributed by atoms with Crippen molar-refractivity contribution in [2.24, 2.45) is 11.3 Å². The number of benzene rings is 1. The third kappa shape index (κ3) is 2.59. The number of carbonyl (C=O) groups excluding carboxylic acids is 2. The van der Waals surface area contributed by atoms with E-state index in [9.17, 15) is 9.59 Å². The molecule has 2 rings (SSSR count). The van der Waals surface area contributed by atoms with Gasteiger partial charge in [-0.05, 0) is 18.9 Å². The topological polar surface area (TPSA) is 52.6 Å². The zero-order chi connectivity index (χ0) is 14.6. The summed E-state index contributed by atoms with van der Waals surface area (Å²) in [7, 11) is 0. The molecule has 4 nitrogen and oxygen atoms in total. The van der Waals surface area contributed by atoms with Gasteiger partial charge in [0.05, 0.1) is 6.61 Å². The highest BCUT2D eigenvalue weighted by molar-refractivity contribution is 6.04. The van der Waals surface area contributed by atoms with Crippen LogP contribution >= 0.6 is 0 Å². The summed E-state index contributed by atoms with van der Waals surface area (Å²) in [4.78, 5) is 24.2. The second-order valence-corrected chi connectivity index (χ2v) is 4.80. The standard InChI is InChI=1S/C16H18O4/c1-3-13-10-16(13,14(17)19-4-2)15(18)20-11-12-8-6-5-7-9-12/h3,5-9,13H,1,4,10-11H2,2H3. The van der Waals surface area contributed by atoms with Crippen molar-refractivity contribution in [3.8, 4) is 0 Å². The van der Waals surface area contributed by atoms with Crippen LogP contribution < -0.4 is 0 Å². The molecule has 1 aromatic rings. The first-order chi connectivity index (χ1) is 9.65. The van der Waals surface area contributed by atoms with Crippen molar-refractivity contribution in [1.82, 2.24) is 0 Å². The predicted octanol–water partition coefficient (Wildman–Crippen LogP) is 2.49. The molecule has 0 bridgehead atoms. The molecular formula is C16H18O4. The molecule has 1 aromatic carbocycles. The first-order valence-corrected chi connectivity index (χ1v) is 6.66. The predicted molar refractivity (Wildman–Crippen MR) is 73.6 cm³/mol. The Hall–Kier alpha value is -2.10. The number of carbonyl (C=O) groups is 2. The van der Waals surface area contributed by atoms with Gasteiger partial charge in [0, 0.05) is 5.92 Å². The van der Waals surface area contributed by atoms with Gasteiger partial charge in [-0.15, -0.1) is 6.58 Å². The van der Waals surface area contributed by atoms with Crippen LogP contribution in [0.2, 0.25) is 0 Å². The minimum absolute atomic E-state index is 0.157. The van der Waals surface area contributed by atoms with Crippen LogP contribution in [0.25, 0.3) is 0 Å². The molecule has 2 atom stereocenters. The number of ether oxygens (including phenoxy) is 2. The molecule has 4 heteroatoms. The van der Waals surface area contributed by atoms with Crippen molar-refractivity contribution in [2.75, 3.05) is 6.61 Å². The summed E-state index contributed by atoms with van der Waals surface area (Å²) in [6.07, 6.45) is 2.03. The summed E-state index contributed by atoms with van der Waals surface area (Å²) < 4.78 is 10.3. The van der Waals surface area contributed by atoms with E-state index in [2.05, 4.69) is 6.58 Å². The molecule has 2 unspecified atom stereocenters. The fraction of sp³-hybridized carbons (Fsp3) is 0.375. The van der Waals surface area contributed by atoms with Gasteiger partial charge in [-0.3, -0.25) is 9.59 Å². The molecular weight excluding hydrogens is 256 g/mol. The van der Waals surface area contributed by atoms with Gasteiger partial charge in [-0.25, -0.2) is 0 Å². The van der Waals surface area contributed by atoms with Crippen LogP contribution in [0.5, 0.6) is 0 Å². The van der Waals surface area contributed by atoms with Crippen molar-refractivity contribution in [2.45, 2.75) is 20.0 Å². The molecule has 0 aromatic heterocycles. The van der Waals surface area contributed by atoms with Crippen molar-refractivity contribution in [3.63, 3.8) is 0 Å².